The van der Waals surface area contributed by atoms with Crippen molar-refractivity contribution in [2.75, 3.05) is 17.7 Å². The largest absolute Gasteiger partial charge is 0.387 e. The Morgan fingerprint density at radius 2 is 2.11 bits per heavy atom. The lowest BCUT2D eigenvalue weighted by Crippen LogP contribution is -2.14. The molecule has 2 rings (SSSR count). The van der Waals surface area contributed by atoms with Crippen LogP contribution in [0, 0.1) is 5.82 Å². The van der Waals surface area contributed by atoms with Crippen LogP contribution in [0.4, 0.5) is 15.8 Å². The molecule has 0 fully saturated rings. The SMILES string of the molecule is CNc1ccncc1C(=O)Nc1ccc(F)cc1Cl. The highest BCUT2D eigenvalue weighted by molar-refractivity contribution is 6.34. The van der Waals surface area contributed by atoms with Crippen molar-refractivity contribution in [1.29, 1.82) is 0 Å². The van der Waals surface area contributed by atoms with E-state index in [-0.39, 0.29) is 10.9 Å². The van der Waals surface area contributed by atoms with E-state index in [1.54, 1.807) is 19.3 Å². The lowest BCUT2D eigenvalue weighted by molar-refractivity contribution is 0.102. The molecule has 0 bridgehead atoms. The number of halogens is 2. The van der Waals surface area contributed by atoms with Gasteiger partial charge in [-0.3, -0.25) is 9.78 Å². The molecule has 0 saturated carbocycles. The zero-order valence-electron chi connectivity index (χ0n) is 10.1. The summed E-state index contributed by atoms with van der Waals surface area (Å²) in [6, 6.07) is 5.45. The Balaban J connectivity index is 2.26. The predicted molar refractivity (Wildman–Crippen MR) is 73.1 cm³/mol. The molecule has 0 aliphatic carbocycles. The third-order valence-electron chi connectivity index (χ3n) is 2.51. The Morgan fingerprint density at radius 1 is 1.32 bits per heavy atom. The number of carbonyl (C=O) groups is 1. The van der Waals surface area contributed by atoms with Gasteiger partial charge in [-0.2, -0.15) is 0 Å². The summed E-state index contributed by atoms with van der Waals surface area (Å²) in [7, 11) is 1.71. The molecule has 4 nitrogen and oxygen atoms in total. The Labute approximate surface area is 114 Å². The Hall–Kier alpha value is -2.14. The van der Waals surface area contributed by atoms with Gasteiger partial charge < -0.3 is 10.6 Å². The number of anilines is 2. The number of nitrogens with one attached hydrogen (secondary N) is 2. The van der Waals surface area contributed by atoms with Crippen molar-refractivity contribution in [1.82, 2.24) is 4.98 Å². The lowest BCUT2D eigenvalue weighted by Gasteiger charge is -2.10. The molecule has 1 heterocycles. The summed E-state index contributed by atoms with van der Waals surface area (Å²) in [5.41, 5.74) is 1.37. The van der Waals surface area contributed by atoms with E-state index in [4.69, 9.17) is 11.6 Å². The number of amides is 1. The van der Waals surface area contributed by atoms with Crippen molar-refractivity contribution in [3.05, 3.63) is 53.1 Å². The highest BCUT2D eigenvalue weighted by atomic mass is 35.5. The molecule has 6 heteroatoms. The van der Waals surface area contributed by atoms with Gasteiger partial charge in [-0.05, 0) is 24.3 Å². The topological polar surface area (TPSA) is 54.0 Å². The van der Waals surface area contributed by atoms with Crippen molar-refractivity contribution in [2.45, 2.75) is 0 Å². The first kappa shape index (κ1) is 13.3. The van der Waals surface area contributed by atoms with Crippen molar-refractivity contribution in [2.24, 2.45) is 0 Å². The van der Waals surface area contributed by atoms with Crippen LogP contribution in [0.25, 0.3) is 0 Å². The lowest BCUT2D eigenvalue weighted by atomic mass is 10.2. The number of aromatic nitrogens is 1. The average Bonchev–Trinajstić information content (AvgIpc) is 2.41. The van der Waals surface area contributed by atoms with Crippen LogP contribution in [0.15, 0.2) is 36.7 Å². The molecule has 0 saturated heterocycles. The molecule has 0 unspecified atom stereocenters. The summed E-state index contributed by atoms with van der Waals surface area (Å²) in [5.74, 6) is -0.828. The summed E-state index contributed by atoms with van der Waals surface area (Å²) in [4.78, 5) is 16.0. The fourth-order valence-electron chi connectivity index (χ4n) is 1.57. The molecule has 1 amide bonds. The molecule has 0 radical (unpaired) electrons. The average molecular weight is 280 g/mol. The summed E-state index contributed by atoms with van der Waals surface area (Å²) in [6.07, 6.45) is 3.02. The number of carbonyl (C=O) groups excluding carboxylic acids is 1. The minimum Gasteiger partial charge on any atom is -0.387 e. The van der Waals surface area contributed by atoms with Crippen LogP contribution in [0.2, 0.25) is 5.02 Å². The van der Waals surface area contributed by atoms with Gasteiger partial charge >= 0.3 is 0 Å². The summed E-state index contributed by atoms with van der Waals surface area (Å²) in [6.45, 7) is 0. The zero-order valence-corrected chi connectivity index (χ0v) is 10.8. The van der Waals surface area contributed by atoms with E-state index in [1.807, 2.05) is 0 Å². The van der Waals surface area contributed by atoms with E-state index in [1.165, 1.54) is 18.3 Å². The maximum absolute atomic E-state index is 12.9. The van der Waals surface area contributed by atoms with Crippen LogP contribution >= 0.6 is 11.6 Å². The third-order valence-corrected chi connectivity index (χ3v) is 2.83. The van der Waals surface area contributed by atoms with Crippen LogP contribution in [0.5, 0.6) is 0 Å². The number of rotatable bonds is 3. The first-order chi connectivity index (χ1) is 9.11. The van der Waals surface area contributed by atoms with E-state index in [2.05, 4.69) is 15.6 Å². The maximum Gasteiger partial charge on any atom is 0.259 e. The highest BCUT2D eigenvalue weighted by Crippen LogP contribution is 2.24. The van der Waals surface area contributed by atoms with Crippen LogP contribution in [0.1, 0.15) is 10.4 Å². The summed E-state index contributed by atoms with van der Waals surface area (Å²) < 4.78 is 12.9. The van der Waals surface area contributed by atoms with Gasteiger partial charge in [0.2, 0.25) is 0 Å². The highest BCUT2D eigenvalue weighted by Gasteiger charge is 2.12. The first-order valence-electron chi connectivity index (χ1n) is 5.50. The Bertz CT molecular complexity index is 619. The molecular formula is C13H11ClFN3O. The molecule has 1 aromatic heterocycles. The second-order valence-electron chi connectivity index (χ2n) is 3.75. The first-order valence-corrected chi connectivity index (χ1v) is 5.88. The van der Waals surface area contributed by atoms with E-state index < -0.39 is 5.82 Å². The van der Waals surface area contributed by atoms with Crippen LogP contribution in [-0.2, 0) is 0 Å². The smallest absolute Gasteiger partial charge is 0.259 e. The van der Waals surface area contributed by atoms with Gasteiger partial charge in [-0.15, -0.1) is 0 Å². The third kappa shape index (κ3) is 3.00. The van der Waals surface area contributed by atoms with Crippen molar-refractivity contribution in [3.63, 3.8) is 0 Å². The molecule has 0 aliphatic rings. The summed E-state index contributed by atoms with van der Waals surface area (Å²) in [5, 5.41) is 5.64. The van der Waals surface area contributed by atoms with Gasteiger partial charge in [0, 0.05) is 25.1 Å². The van der Waals surface area contributed by atoms with Crippen molar-refractivity contribution < 1.29 is 9.18 Å². The van der Waals surface area contributed by atoms with Gasteiger partial charge in [0.15, 0.2) is 0 Å². The van der Waals surface area contributed by atoms with Gasteiger partial charge in [-0.25, -0.2) is 4.39 Å². The molecule has 0 aliphatic heterocycles. The van der Waals surface area contributed by atoms with Gasteiger partial charge in [0.1, 0.15) is 5.82 Å². The summed E-state index contributed by atoms with van der Waals surface area (Å²) >= 11 is 5.85. The molecule has 2 aromatic rings. The quantitative estimate of drug-likeness (QED) is 0.907. The van der Waals surface area contributed by atoms with Crippen LogP contribution in [0.3, 0.4) is 0 Å². The van der Waals surface area contributed by atoms with E-state index >= 15 is 0 Å². The second kappa shape index (κ2) is 5.67. The van der Waals surface area contributed by atoms with Crippen molar-refractivity contribution in [3.8, 4) is 0 Å². The van der Waals surface area contributed by atoms with Crippen molar-refractivity contribution >= 4 is 28.9 Å². The fourth-order valence-corrected chi connectivity index (χ4v) is 1.79. The standard InChI is InChI=1S/C13H11ClFN3O/c1-16-11-4-5-17-7-9(11)13(19)18-12-3-2-8(15)6-10(12)14/h2-7H,1H3,(H,16,17)(H,18,19). The molecule has 2 N–H and O–H groups in total. The van der Waals surface area contributed by atoms with Gasteiger partial charge in [0.05, 0.1) is 16.3 Å². The number of hydrogen-bond donors (Lipinski definition) is 2. The van der Waals surface area contributed by atoms with Crippen LogP contribution in [-0.4, -0.2) is 17.9 Å². The van der Waals surface area contributed by atoms with E-state index in [9.17, 15) is 9.18 Å². The molecule has 1 aromatic carbocycles. The number of benzene rings is 1. The fraction of sp³-hybridized carbons (Fsp3) is 0.0769. The maximum atomic E-state index is 12.9. The molecular weight excluding hydrogens is 269 g/mol. The minimum absolute atomic E-state index is 0.142. The monoisotopic (exact) mass is 279 g/mol. The van der Waals surface area contributed by atoms with Gasteiger partial charge in [-0.1, -0.05) is 11.6 Å². The Morgan fingerprint density at radius 3 is 2.79 bits per heavy atom. The molecule has 0 atom stereocenters. The molecule has 98 valence electrons. The zero-order chi connectivity index (χ0) is 13.8. The number of hydrogen-bond acceptors (Lipinski definition) is 3. The molecule has 19 heavy (non-hydrogen) atoms. The Kier molecular flexibility index (Phi) is 3.97. The number of nitrogens with zero attached hydrogens (tertiary/aromatic N) is 1. The van der Waals surface area contributed by atoms with Crippen LogP contribution < -0.4 is 10.6 Å². The minimum atomic E-state index is -0.458. The number of pyridine rings is 1. The second-order valence-corrected chi connectivity index (χ2v) is 4.16. The predicted octanol–water partition coefficient (Wildman–Crippen LogP) is 3.17. The van der Waals surface area contributed by atoms with E-state index in [0.717, 1.165) is 6.07 Å². The van der Waals surface area contributed by atoms with E-state index in [0.29, 0.717) is 16.9 Å². The normalized spacial score (nSPS) is 10.1. The van der Waals surface area contributed by atoms with Gasteiger partial charge in [0.25, 0.3) is 5.91 Å². The molecule has 0 spiro atoms.